The molecule has 0 fully saturated rings. The number of hydrogen-bond donors (Lipinski definition) is 2. The van der Waals surface area contributed by atoms with Gasteiger partial charge in [0.1, 0.15) is 0 Å². The van der Waals surface area contributed by atoms with Gasteiger partial charge in [0, 0.05) is 22.7 Å². The van der Waals surface area contributed by atoms with Gasteiger partial charge in [0.05, 0.1) is 22.1 Å². The minimum Gasteiger partial charge on any atom is -0.361 e. The van der Waals surface area contributed by atoms with Crippen LogP contribution in [0.15, 0.2) is 89.1 Å². The number of para-hydroxylation sites is 2. The minimum absolute atomic E-state index is 0.621. The lowest BCUT2D eigenvalue weighted by molar-refractivity contribution is 1.03. The van der Waals surface area contributed by atoms with Gasteiger partial charge in [-0.1, -0.05) is 48.0 Å². The van der Waals surface area contributed by atoms with E-state index in [0.717, 1.165) is 37.4 Å². The van der Waals surface area contributed by atoms with Crippen molar-refractivity contribution in [1.82, 2.24) is 15.4 Å². The molecule has 0 saturated heterocycles. The van der Waals surface area contributed by atoms with E-state index in [1.165, 1.54) is 5.56 Å². The van der Waals surface area contributed by atoms with E-state index >= 15 is 0 Å². The third-order valence-corrected chi connectivity index (χ3v) is 5.81. The zero-order valence-electron chi connectivity index (χ0n) is 16.3. The summed E-state index contributed by atoms with van der Waals surface area (Å²) in [4.78, 5) is 12.8. The van der Waals surface area contributed by atoms with E-state index in [-0.39, 0.29) is 0 Å². The molecule has 5 aromatic rings. The molecule has 0 atom stereocenters. The largest absolute Gasteiger partial charge is 0.361 e. The Kier molecular flexibility index (Phi) is 4.83. The Hall–Kier alpha value is -3.77. The van der Waals surface area contributed by atoms with E-state index in [1.807, 2.05) is 66.9 Å². The van der Waals surface area contributed by atoms with Gasteiger partial charge in [0.15, 0.2) is 10.8 Å². The number of amidine groups is 1. The molecule has 30 heavy (non-hydrogen) atoms. The normalized spacial score (nSPS) is 12.2. The number of aromatic amines is 1. The monoisotopic (exact) mass is 409 g/mol. The number of H-pyrrole nitrogens is 1. The van der Waals surface area contributed by atoms with Crippen molar-refractivity contribution in [2.24, 2.45) is 10.1 Å². The number of hydrazone groups is 1. The Morgan fingerprint density at radius 1 is 1.00 bits per heavy atom. The van der Waals surface area contributed by atoms with E-state index in [4.69, 9.17) is 9.98 Å². The summed E-state index contributed by atoms with van der Waals surface area (Å²) in [6, 6.07) is 24.3. The summed E-state index contributed by atoms with van der Waals surface area (Å²) in [7, 11) is 0. The number of nitrogens with one attached hydrogen (secondary N) is 2. The molecule has 2 aromatic heterocycles. The lowest BCUT2D eigenvalue weighted by Crippen LogP contribution is -2.18. The van der Waals surface area contributed by atoms with Crippen molar-refractivity contribution in [1.29, 1.82) is 0 Å². The summed E-state index contributed by atoms with van der Waals surface area (Å²) >= 11 is 1.59. The lowest BCUT2D eigenvalue weighted by Gasteiger charge is -2.03. The molecule has 146 valence electrons. The lowest BCUT2D eigenvalue weighted by atomic mass is 10.2. The summed E-state index contributed by atoms with van der Waals surface area (Å²) in [5, 5.41) is 6.39. The molecular formula is C24H19N5S. The standard InChI is InChI=1S/C24H19N5S/c1-16-10-12-18(13-11-16)27-23(24-28-21-8-4-5-9-22(21)30-24)29-26-15-17-14-25-20-7-3-2-6-19(17)20/h2-15,25H,1H3,(H,27,29)/b26-15+. The highest BCUT2D eigenvalue weighted by Gasteiger charge is 2.10. The topological polar surface area (TPSA) is 65.4 Å². The molecule has 2 heterocycles. The fourth-order valence-electron chi connectivity index (χ4n) is 3.21. The summed E-state index contributed by atoms with van der Waals surface area (Å²) in [5.74, 6) is 0.621. The van der Waals surface area contributed by atoms with Crippen molar-refractivity contribution in [3.63, 3.8) is 0 Å². The van der Waals surface area contributed by atoms with Crippen LogP contribution in [0.25, 0.3) is 21.1 Å². The highest BCUT2D eigenvalue weighted by atomic mass is 32.1. The Labute approximate surface area is 177 Å². The Morgan fingerprint density at radius 2 is 1.80 bits per heavy atom. The molecule has 0 aliphatic carbocycles. The smallest absolute Gasteiger partial charge is 0.183 e. The third kappa shape index (κ3) is 3.73. The van der Waals surface area contributed by atoms with Crippen LogP contribution in [-0.4, -0.2) is 22.0 Å². The van der Waals surface area contributed by atoms with E-state index in [2.05, 4.69) is 34.6 Å². The molecular weight excluding hydrogens is 390 g/mol. The molecule has 0 aliphatic heterocycles. The first kappa shape index (κ1) is 18.3. The number of aliphatic imine (C=N–C) groups is 1. The van der Waals surface area contributed by atoms with Gasteiger partial charge in [0.25, 0.3) is 0 Å². The Balaban J connectivity index is 1.49. The maximum Gasteiger partial charge on any atom is 0.183 e. The van der Waals surface area contributed by atoms with Gasteiger partial charge in [-0.3, -0.25) is 5.43 Å². The fourth-order valence-corrected chi connectivity index (χ4v) is 4.11. The molecule has 0 saturated carbocycles. The number of hydrogen-bond acceptors (Lipinski definition) is 4. The predicted octanol–water partition coefficient (Wildman–Crippen LogP) is 5.79. The van der Waals surface area contributed by atoms with Gasteiger partial charge in [-0.25, -0.2) is 9.98 Å². The van der Waals surface area contributed by atoms with Crippen LogP contribution in [0.3, 0.4) is 0 Å². The van der Waals surface area contributed by atoms with E-state index < -0.39 is 0 Å². The maximum atomic E-state index is 4.78. The van der Waals surface area contributed by atoms with Crippen LogP contribution in [-0.2, 0) is 0 Å². The van der Waals surface area contributed by atoms with Crippen LogP contribution in [0, 0.1) is 6.92 Å². The van der Waals surface area contributed by atoms with Crippen LogP contribution >= 0.6 is 11.3 Å². The average Bonchev–Trinajstić information content (AvgIpc) is 3.39. The zero-order chi connectivity index (χ0) is 20.3. The van der Waals surface area contributed by atoms with Crippen LogP contribution in [0.1, 0.15) is 16.1 Å². The summed E-state index contributed by atoms with van der Waals surface area (Å²) in [6.07, 6.45) is 3.75. The van der Waals surface area contributed by atoms with Gasteiger partial charge in [0.2, 0.25) is 0 Å². The molecule has 6 heteroatoms. The fraction of sp³-hybridized carbons (Fsp3) is 0.0417. The van der Waals surface area contributed by atoms with E-state index in [9.17, 15) is 0 Å². The van der Waals surface area contributed by atoms with Crippen molar-refractivity contribution >= 4 is 50.2 Å². The van der Waals surface area contributed by atoms with E-state index in [0.29, 0.717) is 5.84 Å². The number of rotatable bonds is 4. The van der Waals surface area contributed by atoms with Crippen LogP contribution < -0.4 is 5.43 Å². The molecule has 5 rings (SSSR count). The SMILES string of the molecule is Cc1ccc(N=C(N/N=C/c2c[nH]c3ccccc23)c2nc3ccccc3s2)cc1. The second-order valence-electron chi connectivity index (χ2n) is 6.94. The molecule has 0 aliphatic rings. The number of benzene rings is 3. The van der Waals surface area contributed by atoms with Gasteiger partial charge in [-0.2, -0.15) is 5.10 Å². The number of aromatic nitrogens is 2. The van der Waals surface area contributed by atoms with Crippen LogP contribution in [0.5, 0.6) is 0 Å². The van der Waals surface area contributed by atoms with Crippen molar-refractivity contribution < 1.29 is 0 Å². The first-order valence-corrected chi connectivity index (χ1v) is 10.4. The van der Waals surface area contributed by atoms with Gasteiger partial charge < -0.3 is 4.98 Å². The predicted molar refractivity (Wildman–Crippen MR) is 126 cm³/mol. The Bertz CT molecular complexity index is 1340. The second-order valence-corrected chi connectivity index (χ2v) is 7.97. The number of aryl methyl sites for hydroxylation is 1. The second kappa shape index (κ2) is 7.93. The van der Waals surface area contributed by atoms with Gasteiger partial charge in [-0.05, 0) is 37.3 Å². The highest BCUT2D eigenvalue weighted by molar-refractivity contribution is 7.20. The molecule has 0 unspecified atom stereocenters. The van der Waals surface area contributed by atoms with Crippen molar-refractivity contribution in [2.75, 3.05) is 0 Å². The van der Waals surface area contributed by atoms with Gasteiger partial charge >= 0.3 is 0 Å². The quantitative estimate of drug-likeness (QED) is 0.224. The molecule has 2 N–H and O–H groups in total. The molecule has 0 radical (unpaired) electrons. The molecule has 0 amide bonds. The molecule has 3 aromatic carbocycles. The maximum absolute atomic E-state index is 4.78. The van der Waals surface area contributed by atoms with E-state index in [1.54, 1.807) is 17.6 Å². The molecule has 0 bridgehead atoms. The third-order valence-electron chi connectivity index (χ3n) is 4.77. The molecule has 0 spiro atoms. The first-order chi connectivity index (χ1) is 14.8. The average molecular weight is 410 g/mol. The van der Waals surface area contributed by atoms with Crippen LogP contribution in [0.4, 0.5) is 5.69 Å². The van der Waals surface area contributed by atoms with Crippen molar-refractivity contribution in [3.05, 3.63) is 95.1 Å². The van der Waals surface area contributed by atoms with Crippen molar-refractivity contribution in [3.8, 4) is 0 Å². The minimum atomic E-state index is 0.621. The summed E-state index contributed by atoms with van der Waals surface area (Å²) in [6.45, 7) is 2.06. The Morgan fingerprint density at radius 3 is 2.67 bits per heavy atom. The first-order valence-electron chi connectivity index (χ1n) is 9.63. The number of nitrogens with zero attached hydrogens (tertiary/aromatic N) is 3. The number of thiazole rings is 1. The van der Waals surface area contributed by atoms with Crippen LogP contribution in [0.2, 0.25) is 0 Å². The highest BCUT2D eigenvalue weighted by Crippen LogP contribution is 2.23. The van der Waals surface area contributed by atoms with Crippen molar-refractivity contribution in [2.45, 2.75) is 6.92 Å². The van der Waals surface area contributed by atoms with Gasteiger partial charge in [-0.15, -0.1) is 11.3 Å². The zero-order valence-corrected chi connectivity index (χ0v) is 17.1. The number of fused-ring (bicyclic) bond motifs is 2. The molecule has 5 nitrogen and oxygen atoms in total. The summed E-state index contributed by atoms with van der Waals surface area (Å²) in [5.41, 5.74) is 8.21. The summed E-state index contributed by atoms with van der Waals surface area (Å²) < 4.78 is 1.12.